The van der Waals surface area contributed by atoms with E-state index in [4.69, 9.17) is 0 Å². The average molecular weight is 244 g/mol. The third-order valence-corrected chi connectivity index (χ3v) is 2.98. The summed E-state index contributed by atoms with van der Waals surface area (Å²) < 4.78 is 0. The van der Waals surface area contributed by atoms with Crippen molar-refractivity contribution in [1.29, 1.82) is 0 Å². The van der Waals surface area contributed by atoms with Crippen molar-refractivity contribution in [3.63, 3.8) is 0 Å². The van der Waals surface area contributed by atoms with E-state index in [9.17, 15) is 0 Å². The van der Waals surface area contributed by atoms with Crippen LogP contribution in [0.4, 0.5) is 0 Å². The quantitative estimate of drug-likeness (QED) is 0.450. The van der Waals surface area contributed by atoms with Gasteiger partial charge in [-0.3, -0.25) is 0 Å². The van der Waals surface area contributed by atoms with Gasteiger partial charge in [0, 0.05) is 0 Å². The van der Waals surface area contributed by atoms with Crippen LogP contribution in [0, 0.1) is 6.92 Å². The van der Waals surface area contributed by atoms with Crippen LogP contribution in [0.1, 0.15) is 5.56 Å². The SMILES string of the molecule is Cc1cc2c(-c3ccccc3)cccc2[cH-]1.[K+]. The van der Waals surface area contributed by atoms with Gasteiger partial charge < -0.3 is 0 Å². The van der Waals surface area contributed by atoms with E-state index >= 15 is 0 Å². The van der Waals surface area contributed by atoms with Crippen LogP contribution in [-0.4, -0.2) is 0 Å². The first-order valence-corrected chi connectivity index (χ1v) is 5.56. The molecule has 0 aromatic heterocycles. The van der Waals surface area contributed by atoms with E-state index in [1.54, 1.807) is 0 Å². The molecule has 0 spiro atoms. The topological polar surface area (TPSA) is 0 Å². The van der Waals surface area contributed by atoms with Crippen LogP contribution < -0.4 is 51.4 Å². The van der Waals surface area contributed by atoms with Crippen LogP contribution in [0.15, 0.2) is 60.7 Å². The van der Waals surface area contributed by atoms with Crippen LogP contribution in [0.5, 0.6) is 0 Å². The number of rotatable bonds is 1. The summed E-state index contributed by atoms with van der Waals surface area (Å²) in [5, 5.41) is 2.69. The maximum atomic E-state index is 2.26. The second kappa shape index (κ2) is 5.55. The molecule has 0 unspecified atom stereocenters. The Morgan fingerprint density at radius 2 is 1.65 bits per heavy atom. The maximum absolute atomic E-state index is 2.26. The van der Waals surface area contributed by atoms with E-state index in [0.29, 0.717) is 0 Å². The zero-order valence-electron chi connectivity index (χ0n) is 10.3. The third-order valence-electron chi connectivity index (χ3n) is 2.98. The van der Waals surface area contributed by atoms with E-state index in [2.05, 4.69) is 67.6 Å². The van der Waals surface area contributed by atoms with Crippen LogP contribution in [0.3, 0.4) is 0 Å². The number of benzene rings is 2. The van der Waals surface area contributed by atoms with Crippen LogP contribution in [-0.2, 0) is 0 Å². The molecule has 0 nitrogen and oxygen atoms in total. The van der Waals surface area contributed by atoms with Crippen molar-refractivity contribution >= 4 is 10.8 Å². The fourth-order valence-corrected chi connectivity index (χ4v) is 2.25. The van der Waals surface area contributed by atoms with Crippen LogP contribution >= 0.6 is 0 Å². The zero-order valence-corrected chi connectivity index (χ0v) is 13.4. The minimum Gasteiger partial charge on any atom is -0.165 e. The van der Waals surface area contributed by atoms with Gasteiger partial charge in [-0.15, -0.1) is 34.5 Å². The molecule has 0 saturated heterocycles. The summed E-state index contributed by atoms with van der Waals surface area (Å²) in [6.07, 6.45) is 0. The third kappa shape index (κ3) is 2.59. The van der Waals surface area contributed by atoms with Gasteiger partial charge in [0.1, 0.15) is 0 Å². The predicted octanol–water partition coefficient (Wildman–Crippen LogP) is 1.54. The van der Waals surface area contributed by atoms with Crippen molar-refractivity contribution in [2.75, 3.05) is 0 Å². The molecule has 0 aliphatic carbocycles. The normalized spacial score (nSPS) is 10.2. The molecule has 1 heteroatoms. The Bertz CT molecular complexity index is 620. The molecule has 78 valence electrons. The van der Waals surface area contributed by atoms with Gasteiger partial charge in [-0.1, -0.05) is 48.9 Å². The zero-order chi connectivity index (χ0) is 11.0. The molecular formula is C16H13K. The molecule has 17 heavy (non-hydrogen) atoms. The van der Waals surface area contributed by atoms with E-state index in [-0.39, 0.29) is 51.4 Å². The number of fused-ring (bicyclic) bond motifs is 1. The summed E-state index contributed by atoms with van der Waals surface area (Å²) in [4.78, 5) is 0. The largest absolute Gasteiger partial charge is 1.00 e. The fraction of sp³-hybridized carbons (Fsp3) is 0.0625. The molecule has 0 atom stereocenters. The second-order valence-corrected chi connectivity index (χ2v) is 4.21. The molecule has 0 radical (unpaired) electrons. The molecule has 0 aliphatic rings. The molecule has 3 aromatic carbocycles. The first-order valence-electron chi connectivity index (χ1n) is 5.56. The predicted molar refractivity (Wildman–Crippen MR) is 69.7 cm³/mol. The van der Waals surface area contributed by atoms with Crippen molar-refractivity contribution in [3.05, 3.63) is 66.2 Å². The van der Waals surface area contributed by atoms with Crippen molar-refractivity contribution < 1.29 is 51.4 Å². The molecule has 0 N–H and O–H groups in total. The Kier molecular flexibility index (Phi) is 4.29. The number of hydrogen-bond acceptors (Lipinski definition) is 0. The molecule has 0 bridgehead atoms. The van der Waals surface area contributed by atoms with E-state index in [1.165, 1.54) is 27.5 Å². The van der Waals surface area contributed by atoms with Gasteiger partial charge in [-0.2, -0.15) is 6.07 Å². The molecule has 0 amide bonds. The molecule has 0 fully saturated rings. The summed E-state index contributed by atoms with van der Waals surface area (Å²) >= 11 is 0. The minimum absolute atomic E-state index is 0. The molecule has 0 heterocycles. The molecular weight excluding hydrogens is 231 g/mol. The molecule has 3 aromatic rings. The van der Waals surface area contributed by atoms with Crippen molar-refractivity contribution in [2.24, 2.45) is 0 Å². The second-order valence-electron chi connectivity index (χ2n) is 4.21. The van der Waals surface area contributed by atoms with Gasteiger partial charge in [-0.05, 0) is 5.56 Å². The Balaban J connectivity index is 0.00000108. The summed E-state index contributed by atoms with van der Waals surface area (Å²) in [5.41, 5.74) is 3.95. The van der Waals surface area contributed by atoms with Crippen molar-refractivity contribution in [2.45, 2.75) is 6.92 Å². The Morgan fingerprint density at radius 1 is 0.882 bits per heavy atom. The Hall–Kier alpha value is -0.314. The fourth-order valence-electron chi connectivity index (χ4n) is 2.25. The standard InChI is InChI=1S/C16H13.K/c1-12-10-14-8-5-9-15(16(14)11-12)13-6-3-2-4-7-13;/h2-11H,1H3;/q-1;+1. The summed E-state index contributed by atoms with van der Waals surface area (Å²) in [7, 11) is 0. The number of hydrogen-bond donors (Lipinski definition) is 0. The first kappa shape index (κ1) is 13.1. The van der Waals surface area contributed by atoms with Crippen molar-refractivity contribution in [3.8, 4) is 11.1 Å². The smallest absolute Gasteiger partial charge is 0.165 e. The van der Waals surface area contributed by atoms with Crippen molar-refractivity contribution in [1.82, 2.24) is 0 Å². The first-order chi connectivity index (χ1) is 7.84. The monoisotopic (exact) mass is 244 g/mol. The van der Waals surface area contributed by atoms with Crippen LogP contribution in [0.2, 0.25) is 0 Å². The number of aryl methyl sites for hydroxylation is 1. The molecule has 3 rings (SSSR count). The van der Waals surface area contributed by atoms with Gasteiger partial charge in [0.2, 0.25) is 0 Å². The van der Waals surface area contributed by atoms with E-state index in [1.807, 2.05) is 0 Å². The maximum Gasteiger partial charge on any atom is 1.00 e. The Labute approximate surface area is 144 Å². The van der Waals surface area contributed by atoms with Crippen LogP contribution in [0.25, 0.3) is 21.9 Å². The molecule has 0 aliphatic heterocycles. The van der Waals surface area contributed by atoms with E-state index in [0.717, 1.165) is 0 Å². The molecule has 0 saturated carbocycles. The average Bonchev–Trinajstić information content (AvgIpc) is 2.70. The van der Waals surface area contributed by atoms with Gasteiger partial charge in [0.15, 0.2) is 0 Å². The van der Waals surface area contributed by atoms with Gasteiger partial charge in [-0.25, -0.2) is 0 Å². The van der Waals surface area contributed by atoms with Gasteiger partial charge in [0.05, 0.1) is 0 Å². The summed E-state index contributed by atoms with van der Waals surface area (Å²) in [6, 6.07) is 21.6. The summed E-state index contributed by atoms with van der Waals surface area (Å²) in [5.74, 6) is 0. The van der Waals surface area contributed by atoms with Gasteiger partial charge in [0.25, 0.3) is 0 Å². The minimum atomic E-state index is 0. The van der Waals surface area contributed by atoms with Gasteiger partial charge >= 0.3 is 51.4 Å². The summed E-state index contributed by atoms with van der Waals surface area (Å²) in [6.45, 7) is 2.15. The van der Waals surface area contributed by atoms with E-state index < -0.39 is 0 Å². The Morgan fingerprint density at radius 3 is 2.41 bits per heavy atom.